The first-order valence-electron chi connectivity index (χ1n) is 9.11. The Kier molecular flexibility index (Phi) is 5.28. The van der Waals surface area contributed by atoms with Crippen LogP contribution in [0.5, 0.6) is 0 Å². The topological polar surface area (TPSA) is 47.4 Å². The number of fused-ring (bicyclic) bond motifs is 1. The summed E-state index contributed by atoms with van der Waals surface area (Å²) in [6.45, 7) is 9.84. The van der Waals surface area contributed by atoms with Gasteiger partial charge in [-0.25, -0.2) is 4.79 Å². The Bertz CT molecular complexity index is 791. The van der Waals surface area contributed by atoms with Gasteiger partial charge in [0.1, 0.15) is 5.60 Å². The molecule has 1 aromatic heterocycles. The second-order valence-corrected chi connectivity index (χ2v) is 8.00. The van der Waals surface area contributed by atoms with Gasteiger partial charge in [0, 0.05) is 42.2 Å². The van der Waals surface area contributed by atoms with Crippen LogP contribution in [-0.4, -0.2) is 39.5 Å². The summed E-state index contributed by atoms with van der Waals surface area (Å²) in [6.07, 6.45) is 1.26. The van der Waals surface area contributed by atoms with Crippen molar-refractivity contribution in [2.45, 2.75) is 52.7 Å². The molecule has 0 saturated carbocycles. The largest absolute Gasteiger partial charge is 0.444 e. The first-order valence-corrected chi connectivity index (χ1v) is 9.48. The summed E-state index contributed by atoms with van der Waals surface area (Å²) in [6, 6.07) is 7.87. The summed E-state index contributed by atoms with van der Waals surface area (Å²) in [5.74, 6) is 0. The standard InChI is InChI=1S/C20H26ClN3O2/c1-5-24-18(14-6-8-15(21)9-7-14)16-10-12-23(13-11-17(16)22-24)19(25)26-20(2,3)4/h6-9H,5,10-13H2,1-4H3. The number of aryl methyl sites for hydroxylation is 1. The van der Waals surface area contributed by atoms with Crippen molar-refractivity contribution < 1.29 is 9.53 Å². The number of amides is 1. The van der Waals surface area contributed by atoms with E-state index in [1.54, 1.807) is 4.90 Å². The van der Waals surface area contributed by atoms with Crippen molar-refractivity contribution in [3.05, 3.63) is 40.5 Å². The number of ether oxygens (including phenoxy) is 1. The highest BCUT2D eigenvalue weighted by Gasteiger charge is 2.27. The molecule has 0 radical (unpaired) electrons. The highest BCUT2D eigenvalue weighted by atomic mass is 35.5. The highest BCUT2D eigenvalue weighted by Crippen LogP contribution is 2.30. The number of nitrogens with zero attached hydrogens (tertiary/aromatic N) is 3. The minimum absolute atomic E-state index is 0.251. The molecule has 1 aliphatic heterocycles. The van der Waals surface area contributed by atoms with Gasteiger partial charge in [0.05, 0.1) is 11.4 Å². The van der Waals surface area contributed by atoms with Crippen LogP contribution in [0.3, 0.4) is 0 Å². The van der Waals surface area contributed by atoms with Gasteiger partial charge in [-0.2, -0.15) is 5.10 Å². The lowest BCUT2D eigenvalue weighted by atomic mass is 10.0. The lowest BCUT2D eigenvalue weighted by Gasteiger charge is -2.26. The number of hydrogen-bond donors (Lipinski definition) is 0. The molecule has 3 rings (SSSR count). The van der Waals surface area contributed by atoms with Crippen molar-refractivity contribution in [3.8, 4) is 11.3 Å². The van der Waals surface area contributed by atoms with Crippen LogP contribution in [0, 0.1) is 0 Å². The third-order valence-electron chi connectivity index (χ3n) is 4.45. The molecule has 0 fully saturated rings. The van der Waals surface area contributed by atoms with Crippen LogP contribution in [0.2, 0.25) is 5.02 Å². The van der Waals surface area contributed by atoms with E-state index >= 15 is 0 Å². The summed E-state index contributed by atoms with van der Waals surface area (Å²) in [4.78, 5) is 14.2. The van der Waals surface area contributed by atoms with E-state index in [9.17, 15) is 4.79 Å². The molecule has 26 heavy (non-hydrogen) atoms. The van der Waals surface area contributed by atoms with Crippen LogP contribution < -0.4 is 0 Å². The van der Waals surface area contributed by atoms with E-state index in [1.165, 1.54) is 5.56 Å². The summed E-state index contributed by atoms with van der Waals surface area (Å²) >= 11 is 6.04. The molecule has 0 spiro atoms. The molecule has 0 N–H and O–H groups in total. The van der Waals surface area contributed by atoms with E-state index in [0.717, 1.165) is 41.4 Å². The molecule has 0 atom stereocenters. The molecule has 1 aromatic carbocycles. The number of carbonyl (C=O) groups excluding carboxylic acids is 1. The maximum absolute atomic E-state index is 12.4. The summed E-state index contributed by atoms with van der Waals surface area (Å²) in [5.41, 5.74) is 4.05. The Labute approximate surface area is 159 Å². The van der Waals surface area contributed by atoms with E-state index in [4.69, 9.17) is 21.4 Å². The smallest absolute Gasteiger partial charge is 0.410 e. The van der Waals surface area contributed by atoms with Crippen molar-refractivity contribution in [1.29, 1.82) is 0 Å². The maximum atomic E-state index is 12.4. The maximum Gasteiger partial charge on any atom is 0.410 e. The predicted molar refractivity (Wildman–Crippen MR) is 104 cm³/mol. The van der Waals surface area contributed by atoms with Gasteiger partial charge in [-0.05, 0) is 46.2 Å². The average molecular weight is 376 g/mol. The number of benzene rings is 1. The normalized spacial score (nSPS) is 14.7. The number of hydrogen-bond acceptors (Lipinski definition) is 3. The average Bonchev–Trinajstić information content (AvgIpc) is 2.78. The van der Waals surface area contributed by atoms with Crippen molar-refractivity contribution in [2.75, 3.05) is 13.1 Å². The van der Waals surface area contributed by atoms with Crippen LogP contribution in [0.1, 0.15) is 39.0 Å². The van der Waals surface area contributed by atoms with Gasteiger partial charge < -0.3 is 9.64 Å². The minimum Gasteiger partial charge on any atom is -0.444 e. The molecule has 140 valence electrons. The lowest BCUT2D eigenvalue weighted by molar-refractivity contribution is 0.0258. The molecule has 6 heteroatoms. The lowest BCUT2D eigenvalue weighted by Crippen LogP contribution is -2.38. The summed E-state index contributed by atoms with van der Waals surface area (Å²) in [5, 5.41) is 5.52. The fraction of sp³-hybridized carbons (Fsp3) is 0.500. The van der Waals surface area contributed by atoms with Gasteiger partial charge in [-0.1, -0.05) is 23.7 Å². The van der Waals surface area contributed by atoms with Crippen molar-refractivity contribution in [3.63, 3.8) is 0 Å². The third kappa shape index (κ3) is 4.04. The molecule has 2 aromatic rings. The fourth-order valence-electron chi connectivity index (χ4n) is 3.28. The van der Waals surface area contributed by atoms with Crippen molar-refractivity contribution >= 4 is 17.7 Å². The highest BCUT2D eigenvalue weighted by molar-refractivity contribution is 6.30. The molecule has 0 aliphatic carbocycles. The molecule has 0 saturated heterocycles. The van der Waals surface area contributed by atoms with Gasteiger partial charge in [-0.3, -0.25) is 4.68 Å². The van der Waals surface area contributed by atoms with E-state index in [2.05, 4.69) is 11.6 Å². The van der Waals surface area contributed by atoms with Crippen molar-refractivity contribution in [2.24, 2.45) is 0 Å². The zero-order valence-electron chi connectivity index (χ0n) is 15.9. The molecule has 5 nitrogen and oxygen atoms in total. The molecular weight excluding hydrogens is 350 g/mol. The number of aromatic nitrogens is 2. The summed E-state index contributed by atoms with van der Waals surface area (Å²) < 4.78 is 7.58. The fourth-order valence-corrected chi connectivity index (χ4v) is 3.41. The quantitative estimate of drug-likeness (QED) is 0.773. The van der Waals surface area contributed by atoms with Crippen LogP contribution in [0.25, 0.3) is 11.3 Å². The van der Waals surface area contributed by atoms with Gasteiger partial charge in [-0.15, -0.1) is 0 Å². The Hall–Kier alpha value is -2.01. The second-order valence-electron chi connectivity index (χ2n) is 7.56. The zero-order chi connectivity index (χ0) is 18.9. The third-order valence-corrected chi connectivity index (χ3v) is 4.70. The second kappa shape index (κ2) is 7.31. The number of halogens is 1. The van der Waals surface area contributed by atoms with Crippen LogP contribution in [0.15, 0.2) is 24.3 Å². The van der Waals surface area contributed by atoms with Crippen LogP contribution in [0.4, 0.5) is 4.79 Å². The van der Waals surface area contributed by atoms with Crippen LogP contribution >= 0.6 is 11.6 Å². The molecular formula is C20H26ClN3O2. The van der Waals surface area contributed by atoms with E-state index in [0.29, 0.717) is 13.1 Å². The monoisotopic (exact) mass is 375 g/mol. The molecule has 1 aliphatic rings. The molecule has 1 amide bonds. The van der Waals surface area contributed by atoms with Crippen molar-refractivity contribution in [1.82, 2.24) is 14.7 Å². The minimum atomic E-state index is -0.483. The van der Waals surface area contributed by atoms with Crippen LogP contribution in [-0.2, 0) is 24.1 Å². The Morgan fingerprint density at radius 3 is 2.46 bits per heavy atom. The van der Waals surface area contributed by atoms with E-state index in [-0.39, 0.29) is 6.09 Å². The molecule has 0 unspecified atom stereocenters. The first-order chi connectivity index (χ1) is 12.3. The number of carbonyl (C=O) groups is 1. The van der Waals surface area contributed by atoms with E-state index in [1.807, 2.05) is 45.0 Å². The Morgan fingerprint density at radius 1 is 1.19 bits per heavy atom. The van der Waals surface area contributed by atoms with Gasteiger partial charge in [0.2, 0.25) is 0 Å². The molecule has 2 heterocycles. The van der Waals surface area contributed by atoms with Gasteiger partial charge >= 0.3 is 6.09 Å². The number of rotatable bonds is 2. The Balaban J connectivity index is 1.87. The Morgan fingerprint density at radius 2 is 1.85 bits per heavy atom. The first kappa shape index (κ1) is 18.8. The predicted octanol–water partition coefficient (Wildman–Crippen LogP) is 4.56. The van der Waals surface area contributed by atoms with Gasteiger partial charge in [0.15, 0.2) is 0 Å². The summed E-state index contributed by atoms with van der Waals surface area (Å²) in [7, 11) is 0. The zero-order valence-corrected chi connectivity index (χ0v) is 16.6. The molecule has 0 bridgehead atoms. The SMILES string of the molecule is CCn1nc2c(c1-c1ccc(Cl)cc1)CCN(C(=O)OC(C)(C)C)CC2. The van der Waals surface area contributed by atoms with Gasteiger partial charge in [0.25, 0.3) is 0 Å². The van der Waals surface area contributed by atoms with E-state index < -0.39 is 5.60 Å².